The smallest absolute Gasteiger partial charge is 0.315 e. The summed E-state index contributed by atoms with van der Waals surface area (Å²) in [6.45, 7) is 8.72. The highest BCUT2D eigenvalue weighted by atomic mass is 16.2. The van der Waals surface area contributed by atoms with Crippen LogP contribution in [0.15, 0.2) is 59.6 Å². The molecule has 0 saturated carbocycles. The Hall–Kier alpha value is -3.39. The lowest BCUT2D eigenvalue weighted by Crippen LogP contribution is -2.46. The lowest BCUT2D eigenvalue weighted by atomic mass is 9.91. The standard InChI is InChI=1S/C25H34N6O2/c1-17(2)14-25(4)22(32)31(23(29-25)30-26)16-20-12-10-19(11-13-20)15-27-24(33)28-18(3)21-8-6-5-7-9-21/h5-13,17-18H,14-16,26H2,1-4H3,(H,29,30)(H2,27,28,33)/t18-,25?/m0/s1. The first-order valence-electron chi connectivity index (χ1n) is 11.3. The molecule has 0 aliphatic carbocycles. The number of carbonyl (C=O) groups is 2. The predicted octanol–water partition coefficient (Wildman–Crippen LogP) is 3.21. The molecule has 176 valence electrons. The van der Waals surface area contributed by atoms with Gasteiger partial charge in [-0.1, -0.05) is 68.4 Å². The average Bonchev–Trinajstić information content (AvgIpc) is 3.02. The summed E-state index contributed by atoms with van der Waals surface area (Å²) in [6, 6.07) is 17.3. The van der Waals surface area contributed by atoms with Crippen LogP contribution in [0, 0.1) is 5.92 Å². The molecule has 2 aromatic rings. The third-order valence-electron chi connectivity index (χ3n) is 5.71. The number of guanidine groups is 1. The maximum absolute atomic E-state index is 13.0. The number of hydrogen-bond acceptors (Lipinski definition) is 5. The summed E-state index contributed by atoms with van der Waals surface area (Å²) in [7, 11) is 0. The molecule has 1 aliphatic rings. The van der Waals surface area contributed by atoms with Crippen molar-refractivity contribution in [1.29, 1.82) is 0 Å². The molecular formula is C25H34N6O2. The van der Waals surface area contributed by atoms with Crippen molar-refractivity contribution in [3.05, 3.63) is 71.3 Å². The molecule has 2 aromatic carbocycles. The number of carbonyl (C=O) groups excluding carboxylic acids is 2. The highest BCUT2D eigenvalue weighted by Crippen LogP contribution is 2.29. The average molecular weight is 451 g/mol. The number of urea groups is 1. The molecule has 0 aromatic heterocycles. The number of rotatable bonds is 8. The van der Waals surface area contributed by atoms with E-state index in [9.17, 15) is 9.59 Å². The van der Waals surface area contributed by atoms with Crippen LogP contribution in [-0.2, 0) is 17.9 Å². The van der Waals surface area contributed by atoms with Crippen LogP contribution in [0.25, 0.3) is 0 Å². The second-order valence-electron chi connectivity index (χ2n) is 9.12. The van der Waals surface area contributed by atoms with Gasteiger partial charge in [0.05, 0.1) is 12.6 Å². The van der Waals surface area contributed by atoms with Gasteiger partial charge in [0, 0.05) is 6.54 Å². The van der Waals surface area contributed by atoms with Gasteiger partial charge in [-0.25, -0.2) is 15.6 Å². The molecule has 0 radical (unpaired) electrons. The fourth-order valence-corrected chi connectivity index (χ4v) is 4.11. The summed E-state index contributed by atoms with van der Waals surface area (Å²) in [5, 5.41) is 5.82. The lowest BCUT2D eigenvalue weighted by molar-refractivity contribution is -0.131. The molecule has 3 amide bonds. The molecular weight excluding hydrogens is 416 g/mol. The highest BCUT2D eigenvalue weighted by Gasteiger charge is 2.44. The van der Waals surface area contributed by atoms with Gasteiger partial charge in [0.1, 0.15) is 5.54 Å². The van der Waals surface area contributed by atoms with E-state index in [1.165, 1.54) is 0 Å². The Bertz CT molecular complexity index is 990. The van der Waals surface area contributed by atoms with Crippen molar-refractivity contribution in [3.63, 3.8) is 0 Å². The molecule has 1 aliphatic heterocycles. The number of amides is 3. The maximum Gasteiger partial charge on any atom is 0.315 e. The molecule has 1 unspecified atom stereocenters. The monoisotopic (exact) mass is 450 g/mol. The number of aliphatic imine (C=N–C) groups is 1. The van der Waals surface area contributed by atoms with Crippen LogP contribution < -0.4 is 21.9 Å². The Kier molecular flexibility index (Phi) is 7.71. The van der Waals surface area contributed by atoms with E-state index in [4.69, 9.17) is 5.84 Å². The van der Waals surface area contributed by atoms with Gasteiger partial charge in [0.15, 0.2) is 0 Å². The molecule has 0 saturated heterocycles. The zero-order chi connectivity index (χ0) is 24.0. The van der Waals surface area contributed by atoms with Gasteiger partial charge in [-0.2, -0.15) is 0 Å². The van der Waals surface area contributed by atoms with Crippen LogP contribution in [0.5, 0.6) is 0 Å². The SMILES string of the molecule is CC(C)CC1(C)N=C(NN)N(Cc2ccc(CNC(=O)N[C@@H](C)c3ccccc3)cc2)C1=O. The number of benzene rings is 2. The van der Waals surface area contributed by atoms with Crippen molar-refractivity contribution >= 4 is 17.9 Å². The minimum absolute atomic E-state index is 0.0564. The largest absolute Gasteiger partial charge is 0.334 e. The third-order valence-corrected chi connectivity index (χ3v) is 5.71. The first-order valence-corrected chi connectivity index (χ1v) is 11.3. The van der Waals surface area contributed by atoms with Crippen LogP contribution in [0.3, 0.4) is 0 Å². The second kappa shape index (κ2) is 10.5. The second-order valence-corrected chi connectivity index (χ2v) is 9.12. The van der Waals surface area contributed by atoms with Crippen molar-refractivity contribution in [3.8, 4) is 0 Å². The van der Waals surface area contributed by atoms with E-state index in [2.05, 4.69) is 34.9 Å². The normalized spacial score (nSPS) is 18.8. The summed E-state index contributed by atoms with van der Waals surface area (Å²) in [5.74, 6) is 6.30. The highest BCUT2D eigenvalue weighted by molar-refractivity contribution is 6.06. The van der Waals surface area contributed by atoms with Gasteiger partial charge in [-0.3, -0.25) is 15.1 Å². The van der Waals surface area contributed by atoms with Gasteiger partial charge in [-0.15, -0.1) is 0 Å². The zero-order valence-corrected chi connectivity index (χ0v) is 19.8. The number of hydrogen-bond donors (Lipinski definition) is 4. The zero-order valence-electron chi connectivity index (χ0n) is 19.8. The molecule has 3 rings (SSSR count). The minimum atomic E-state index is -0.802. The molecule has 8 heteroatoms. The van der Waals surface area contributed by atoms with Gasteiger partial charge in [-0.05, 0) is 42.9 Å². The maximum atomic E-state index is 13.0. The summed E-state index contributed by atoms with van der Waals surface area (Å²) in [5.41, 5.74) is 4.72. The van der Waals surface area contributed by atoms with Crippen molar-refractivity contribution in [2.75, 3.05) is 0 Å². The van der Waals surface area contributed by atoms with Crippen LogP contribution in [0.2, 0.25) is 0 Å². The van der Waals surface area contributed by atoms with Crippen LogP contribution >= 0.6 is 0 Å². The molecule has 5 N–H and O–H groups in total. The summed E-state index contributed by atoms with van der Waals surface area (Å²) in [4.78, 5) is 31.4. The third kappa shape index (κ3) is 6.10. The lowest BCUT2D eigenvalue weighted by Gasteiger charge is -2.24. The van der Waals surface area contributed by atoms with Crippen LogP contribution in [0.4, 0.5) is 4.79 Å². The minimum Gasteiger partial charge on any atom is -0.334 e. The number of hydrazine groups is 1. The van der Waals surface area contributed by atoms with Crippen molar-refractivity contribution in [1.82, 2.24) is 21.0 Å². The molecule has 8 nitrogen and oxygen atoms in total. The Balaban J connectivity index is 1.54. The van der Waals surface area contributed by atoms with Gasteiger partial charge >= 0.3 is 6.03 Å². The summed E-state index contributed by atoms with van der Waals surface area (Å²) in [6.07, 6.45) is 0.656. The molecule has 0 spiro atoms. The summed E-state index contributed by atoms with van der Waals surface area (Å²) >= 11 is 0. The van der Waals surface area contributed by atoms with E-state index in [0.29, 0.717) is 31.4 Å². The van der Waals surface area contributed by atoms with Gasteiger partial charge in [0.25, 0.3) is 5.91 Å². The molecule has 0 bridgehead atoms. The van der Waals surface area contributed by atoms with Crippen LogP contribution in [0.1, 0.15) is 56.8 Å². The molecule has 2 atom stereocenters. The first kappa shape index (κ1) is 24.3. The summed E-state index contributed by atoms with van der Waals surface area (Å²) < 4.78 is 0. The number of nitrogens with zero attached hydrogens (tertiary/aromatic N) is 2. The number of nitrogens with one attached hydrogen (secondary N) is 3. The van der Waals surface area contributed by atoms with Crippen molar-refractivity contribution in [2.45, 2.75) is 58.8 Å². The van der Waals surface area contributed by atoms with Gasteiger partial charge < -0.3 is 10.6 Å². The quantitative estimate of drug-likeness (QED) is 0.365. The molecule has 1 heterocycles. The van der Waals surface area contributed by atoms with E-state index < -0.39 is 5.54 Å². The van der Waals surface area contributed by atoms with E-state index >= 15 is 0 Å². The van der Waals surface area contributed by atoms with E-state index in [-0.39, 0.29) is 18.0 Å². The Morgan fingerprint density at radius 3 is 2.30 bits per heavy atom. The molecule has 0 fully saturated rings. The topological polar surface area (TPSA) is 112 Å². The Morgan fingerprint density at radius 2 is 1.70 bits per heavy atom. The van der Waals surface area contributed by atoms with Crippen LogP contribution in [-0.4, -0.2) is 28.3 Å². The molecule has 33 heavy (non-hydrogen) atoms. The predicted molar refractivity (Wildman–Crippen MR) is 130 cm³/mol. The first-order chi connectivity index (χ1) is 15.7. The number of nitrogens with two attached hydrogens (primary N) is 1. The fourth-order valence-electron chi connectivity index (χ4n) is 4.11. The fraction of sp³-hybridized carbons (Fsp3) is 0.400. The van der Waals surface area contributed by atoms with Crippen molar-refractivity contribution in [2.24, 2.45) is 16.8 Å². The Labute approximate surface area is 195 Å². The van der Waals surface area contributed by atoms with Crippen molar-refractivity contribution < 1.29 is 9.59 Å². The van der Waals surface area contributed by atoms with E-state index in [1.54, 1.807) is 4.90 Å². The van der Waals surface area contributed by atoms with E-state index in [0.717, 1.165) is 16.7 Å². The Morgan fingerprint density at radius 1 is 1.06 bits per heavy atom. The van der Waals surface area contributed by atoms with Gasteiger partial charge in [0.2, 0.25) is 5.96 Å². The van der Waals surface area contributed by atoms with E-state index in [1.807, 2.05) is 68.4 Å².